The van der Waals surface area contributed by atoms with Crippen molar-refractivity contribution in [2.45, 2.75) is 37.8 Å². The average molecular weight is 485 g/mol. The van der Waals surface area contributed by atoms with Crippen molar-refractivity contribution in [3.63, 3.8) is 0 Å². The van der Waals surface area contributed by atoms with E-state index in [0.29, 0.717) is 10.0 Å². The average Bonchev–Trinajstić information content (AvgIpc) is 3.41. The SMILES string of the molecule is N[C@@H]1CCc2cc(-c3cccc(-c4cccc(-c5ccc6c(c5)CC[C@H]6N)c4Cl)c3Cl)ccc21. The molecule has 0 heterocycles. The molecule has 4 N–H and O–H groups in total. The lowest BCUT2D eigenvalue weighted by molar-refractivity contribution is 0.713. The number of fused-ring (bicyclic) bond motifs is 2. The van der Waals surface area contributed by atoms with E-state index in [0.717, 1.165) is 59.1 Å². The van der Waals surface area contributed by atoms with Gasteiger partial charge in [-0.1, -0.05) is 96.0 Å². The van der Waals surface area contributed by atoms with Gasteiger partial charge in [-0.15, -0.1) is 0 Å². The summed E-state index contributed by atoms with van der Waals surface area (Å²) in [7, 11) is 0. The van der Waals surface area contributed by atoms with Crippen molar-refractivity contribution in [3.05, 3.63) is 105 Å². The van der Waals surface area contributed by atoms with Gasteiger partial charge in [-0.2, -0.15) is 0 Å². The number of halogens is 2. The first-order chi connectivity index (χ1) is 16.5. The zero-order valence-electron chi connectivity index (χ0n) is 18.8. The van der Waals surface area contributed by atoms with E-state index in [1.165, 1.54) is 22.3 Å². The second-order valence-electron chi connectivity index (χ2n) is 9.45. The number of aryl methyl sites for hydroxylation is 2. The Bertz CT molecular complexity index is 1320. The fourth-order valence-corrected chi connectivity index (χ4v) is 6.24. The number of nitrogens with two attached hydrogens (primary N) is 2. The van der Waals surface area contributed by atoms with Crippen molar-refractivity contribution in [2.24, 2.45) is 11.5 Å². The van der Waals surface area contributed by atoms with Gasteiger partial charge in [0.05, 0.1) is 10.0 Å². The molecule has 0 saturated heterocycles. The highest BCUT2D eigenvalue weighted by Gasteiger charge is 2.22. The van der Waals surface area contributed by atoms with Crippen LogP contribution in [0.25, 0.3) is 33.4 Å². The van der Waals surface area contributed by atoms with Gasteiger partial charge in [0.1, 0.15) is 0 Å². The molecule has 0 aliphatic heterocycles. The van der Waals surface area contributed by atoms with E-state index in [1.807, 2.05) is 12.1 Å². The van der Waals surface area contributed by atoms with E-state index in [1.54, 1.807) is 0 Å². The first-order valence-corrected chi connectivity index (χ1v) is 12.6. The van der Waals surface area contributed by atoms with Crippen molar-refractivity contribution in [2.75, 3.05) is 0 Å². The molecule has 0 amide bonds. The van der Waals surface area contributed by atoms with Crippen molar-refractivity contribution in [1.29, 1.82) is 0 Å². The highest BCUT2D eigenvalue weighted by atomic mass is 35.5. The van der Waals surface area contributed by atoms with Crippen LogP contribution in [-0.2, 0) is 12.8 Å². The summed E-state index contributed by atoms with van der Waals surface area (Å²) in [5.41, 5.74) is 23.7. The molecule has 0 unspecified atom stereocenters. The summed E-state index contributed by atoms with van der Waals surface area (Å²) < 4.78 is 0. The predicted octanol–water partition coefficient (Wildman–Crippen LogP) is 7.89. The topological polar surface area (TPSA) is 52.0 Å². The highest BCUT2D eigenvalue weighted by Crippen LogP contribution is 2.44. The Hall–Kier alpha value is -2.62. The van der Waals surface area contributed by atoms with Gasteiger partial charge < -0.3 is 11.5 Å². The molecule has 0 radical (unpaired) electrons. The van der Waals surface area contributed by atoms with E-state index in [9.17, 15) is 0 Å². The molecule has 170 valence electrons. The Morgan fingerprint density at radius 3 is 1.41 bits per heavy atom. The van der Waals surface area contributed by atoms with Gasteiger partial charge in [-0.05, 0) is 59.1 Å². The van der Waals surface area contributed by atoms with Crippen LogP contribution in [0.1, 0.15) is 47.2 Å². The largest absolute Gasteiger partial charge is 0.324 e. The molecule has 0 bridgehead atoms. The van der Waals surface area contributed by atoms with Gasteiger partial charge in [0.15, 0.2) is 0 Å². The second-order valence-corrected chi connectivity index (χ2v) is 10.2. The summed E-state index contributed by atoms with van der Waals surface area (Å²) in [5.74, 6) is 0. The number of rotatable bonds is 3. The maximum absolute atomic E-state index is 7.02. The first-order valence-electron chi connectivity index (χ1n) is 11.9. The maximum atomic E-state index is 7.02. The Balaban J connectivity index is 1.42. The minimum absolute atomic E-state index is 0.141. The molecule has 4 heteroatoms. The van der Waals surface area contributed by atoms with Gasteiger partial charge in [0.25, 0.3) is 0 Å². The molecule has 0 spiro atoms. The third kappa shape index (κ3) is 3.57. The normalized spacial score (nSPS) is 18.7. The minimum Gasteiger partial charge on any atom is -0.324 e. The molecule has 0 fully saturated rings. The van der Waals surface area contributed by atoms with Crippen molar-refractivity contribution in [3.8, 4) is 33.4 Å². The molecule has 2 nitrogen and oxygen atoms in total. The molecule has 34 heavy (non-hydrogen) atoms. The molecule has 2 atom stereocenters. The Morgan fingerprint density at radius 2 is 0.971 bits per heavy atom. The molecule has 0 aromatic heterocycles. The van der Waals surface area contributed by atoms with Gasteiger partial charge in [-0.3, -0.25) is 0 Å². The van der Waals surface area contributed by atoms with Crippen LogP contribution in [0, 0.1) is 0 Å². The van der Waals surface area contributed by atoms with Crippen LogP contribution in [0.3, 0.4) is 0 Å². The van der Waals surface area contributed by atoms with Crippen LogP contribution in [-0.4, -0.2) is 0 Å². The molecule has 2 aliphatic rings. The standard InChI is InChI=1S/C30H26Cl2N2/c31-29-23(19-7-11-21-17(15-19)9-13-27(21)33)3-1-5-25(29)26-6-2-4-24(30(26)32)20-8-12-22-18(16-20)10-14-28(22)34/h1-8,11-12,15-16,27-28H,9-10,13-14,33-34H2/t27-,28-/m1/s1. The van der Waals surface area contributed by atoms with Gasteiger partial charge in [0, 0.05) is 34.3 Å². The van der Waals surface area contributed by atoms with E-state index in [4.69, 9.17) is 34.7 Å². The Morgan fingerprint density at radius 1 is 0.559 bits per heavy atom. The summed E-state index contributed by atoms with van der Waals surface area (Å²) in [4.78, 5) is 0. The van der Waals surface area contributed by atoms with E-state index in [-0.39, 0.29) is 12.1 Å². The van der Waals surface area contributed by atoms with Crippen LogP contribution >= 0.6 is 23.2 Å². The molecule has 4 aromatic rings. The summed E-state index contributed by atoms with van der Waals surface area (Å²) in [6, 6.07) is 25.6. The molecule has 2 aliphatic carbocycles. The van der Waals surface area contributed by atoms with Crippen LogP contribution in [0.5, 0.6) is 0 Å². The summed E-state index contributed by atoms with van der Waals surface area (Å²) in [6.07, 6.45) is 4.04. The molecule has 0 saturated carbocycles. The summed E-state index contributed by atoms with van der Waals surface area (Å²) >= 11 is 14.0. The van der Waals surface area contributed by atoms with Crippen LogP contribution in [0.4, 0.5) is 0 Å². The zero-order valence-corrected chi connectivity index (χ0v) is 20.3. The minimum atomic E-state index is 0.141. The van der Waals surface area contributed by atoms with E-state index in [2.05, 4.69) is 60.7 Å². The third-order valence-corrected chi connectivity index (χ3v) is 8.26. The molecular weight excluding hydrogens is 459 g/mol. The molecular formula is C30H26Cl2N2. The monoisotopic (exact) mass is 484 g/mol. The highest BCUT2D eigenvalue weighted by molar-refractivity contribution is 6.39. The fraction of sp³-hybridized carbons (Fsp3) is 0.200. The lowest BCUT2D eigenvalue weighted by Crippen LogP contribution is -2.04. The smallest absolute Gasteiger partial charge is 0.0563 e. The molecule has 4 aromatic carbocycles. The van der Waals surface area contributed by atoms with E-state index < -0.39 is 0 Å². The van der Waals surface area contributed by atoms with Crippen molar-refractivity contribution >= 4 is 23.2 Å². The fourth-order valence-electron chi connectivity index (χ4n) is 5.56. The van der Waals surface area contributed by atoms with Crippen LogP contribution in [0.15, 0.2) is 72.8 Å². The van der Waals surface area contributed by atoms with Crippen LogP contribution in [0.2, 0.25) is 10.0 Å². The van der Waals surface area contributed by atoms with Crippen molar-refractivity contribution in [1.82, 2.24) is 0 Å². The molecule has 6 rings (SSSR count). The number of benzene rings is 4. The van der Waals surface area contributed by atoms with E-state index >= 15 is 0 Å². The van der Waals surface area contributed by atoms with Crippen molar-refractivity contribution < 1.29 is 0 Å². The third-order valence-electron chi connectivity index (χ3n) is 7.44. The Kier molecular flexibility index (Phi) is 5.50. The quantitative estimate of drug-likeness (QED) is 0.310. The first kappa shape index (κ1) is 21.9. The maximum Gasteiger partial charge on any atom is 0.0563 e. The van der Waals surface area contributed by atoms with Crippen LogP contribution < -0.4 is 11.5 Å². The lowest BCUT2D eigenvalue weighted by Gasteiger charge is -2.15. The number of hydrogen-bond donors (Lipinski definition) is 2. The van der Waals surface area contributed by atoms with Gasteiger partial charge in [0.2, 0.25) is 0 Å². The number of hydrogen-bond acceptors (Lipinski definition) is 2. The Labute approximate surface area is 210 Å². The van der Waals surface area contributed by atoms with Gasteiger partial charge in [-0.25, -0.2) is 0 Å². The predicted molar refractivity (Wildman–Crippen MR) is 143 cm³/mol. The lowest BCUT2D eigenvalue weighted by atomic mass is 9.94. The zero-order chi connectivity index (χ0) is 23.4. The summed E-state index contributed by atoms with van der Waals surface area (Å²) in [5, 5.41) is 1.42. The second kappa shape index (κ2) is 8.55. The summed E-state index contributed by atoms with van der Waals surface area (Å²) in [6.45, 7) is 0. The van der Waals surface area contributed by atoms with Gasteiger partial charge >= 0.3 is 0 Å².